The summed E-state index contributed by atoms with van der Waals surface area (Å²) >= 11 is 0. The predicted octanol–water partition coefficient (Wildman–Crippen LogP) is 1.59. The molecule has 0 saturated carbocycles. The van der Waals surface area contributed by atoms with Gasteiger partial charge in [0, 0.05) is 18.8 Å². The molecule has 1 aliphatic heterocycles. The van der Waals surface area contributed by atoms with Crippen molar-refractivity contribution >= 4 is 17.6 Å². The summed E-state index contributed by atoms with van der Waals surface area (Å²) in [5, 5.41) is 11.8. The lowest BCUT2D eigenvalue weighted by Crippen LogP contribution is -2.53. The number of carbonyl (C=O) groups excluding carboxylic acids is 1. The van der Waals surface area contributed by atoms with Gasteiger partial charge >= 0.3 is 5.97 Å². The van der Waals surface area contributed by atoms with Crippen molar-refractivity contribution in [1.29, 1.82) is 0 Å². The van der Waals surface area contributed by atoms with Gasteiger partial charge in [-0.2, -0.15) is 0 Å². The van der Waals surface area contributed by atoms with Crippen LogP contribution in [0.25, 0.3) is 0 Å². The second-order valence-electron chi connectivity index (χ2n) is 5.50. The fourth-order valence-corrected chi connectivity index (χ4v) is 2.38. The number of nitrogens with zero attached hydrogens (tertiary/aromatic N) is 1. The van der Waals surface area contributed by atoms with E-state index < -0.39 is 5.97 Å². The molecule has 1 heterocycles. The van der Waals surface area contributed by atoms with E-state index in [0.717, 1.165) is 11.3 Å². The molecule has 0 radical (unpaired) electrons. The van der Waals surface area contributed by atoms with E-state index in [2.05, 4.69) is 5.32 Å². The molecule has 0 spiro atoms. The normalized spacial score (nSPS) is 17.3. The van der Waals surface area contributed by atoms with E-state index in [1.165, 1.54) is 0 Å². The lowest BCUT2D eigenvalue weighted by Gasteiger charge is -2.40. The van der Waals surface area contributed by atoms with Crippen LogP contribution >= 0.6 is 0 Å². The maximum absolute atomic E-state index is 11.9. The van der Waals surface area contributed by atoms with Gasteiger partial charge in [0.2, 0.25) is 5.91 Å². The summed E-state index contributed by atoms with van der Waals surface area (Å²) in [6, 6.07) is 7.65. The van der Waals surface area contributed by atoms with Crippen LogP contribution < -0.4 is 5.32 Å². The largest absolute Gasteiger partial charge is 0.481 e. The van der Waals surface area contributed by atoms with Gasteiger partial charge in [0.1, 0.15) is 0 Å². The van der Waals surface area contributed by atoms with E-state index in [4.69, 9.17) is 5.11 Å². The van der Waals surface area contributed by atoms with Crippen LogP contribution in [0.1, 0.15) is 12.5 Å². The Morgan fingerprint density at radius 1 is 1.45 bits per heavy atom. The van der Waals surface area contributed by atoms with Gasteiger partial charge in [0.15, 0.2) is 0 Å². The second-order valence-corrected chi connectivity index (χ2v) is 5.50. The Bertz CT molecular complexity index is 510. The van der Waals surface area contributed by atoms with Crippen molar-refractivity contribution in [3.63, 3.8) is 0 Å². The molecule has 1 unspecified atom stereocenters. The van der Waals surface area contributed by atoms with Crippen LogP contribution in [0.4, 0.5) is 5.69 Å². The minimum absolute atomic E-state index is 0.0583. The number of likely N-dealkylation sites (tertiary alicyclic amines) is 1. The molecular weight excluding hydrogens is 256 g/mol. The number of benzene rings is 1. The molecule has 1 amide bonds. The number of hydrogen-bond donors (Lipinski definition) is 2. The zero-order chi connectivity index (χ0) is 14.7. The van der Waals surface area contributed by atoms with E-state index in [1.54, 1.807) is 6.92 Å². The molecule has 2 rings (SSSR count). The third-order valence-corrected chi connectivity index (χ3v) is 3.75. The van der Waals surface area contributed by atoms with Gasteiger partial charge in [0.05, 0.1) is 12.5 Å². The van der Waals surface area contributed by atoms with Crippen molar-refractivity contribution in [2.24, 2.45) is 11.8 Å². The quantitative estimate of drug-likeness (QED) is 0.857. The Morgan fingerprint density at radius 2 is 2.15 bits per heavy atom. The molecule has 1 aromatic carbocycles. The molecule has 1 saturated heterocycles. The molecule has 108 valence electrons. The van der Waals surface area contributed by atoms with Crippen LogP contribution in [0.5, 0.6) is 0 Å². The Kier molecular flexibility index (Phi) is 4.39. The van der Waals surface area contributed by atoms with Gasteiger partial charge in [-0.1, -0.05) is 19.1 Å². The van der Waals surface area contributed by atoms with Crippen LogP contribution in [0, 0.1) is 18.8 Å². The number of hydrogen-bond acceptors (Lipinski definition) is 3. The van der Waals surface area contributed by atoms with Gasteiger partial charge in [-0.3, -0.25) is 14.5 Å². The highest BCUT2D eigenvalue weighted by atomic mass is 16.4. The molecule has 5 nitrogen and oxygen atoms in total. The summed E-state index contributed by atoms with van der Waals surface area (Å²) in [7, 11) is 0. The first-order chi connectivity index (χ1) is 9.45. The Hall–Kier alpha value is -1.88. The highest BCUT2D eigenvalue weighted by Gasteiger charge is 2.35. The van der Waals surface area contributed by atoms with Crippen molar-refractivity contribution in [2.45, 2.75) is 13.8 Å². The second kappa shape index (κ2) is 6.05. The number of carbonyl (C=O) groups is 2. The smallest absolute Gasteiger partial charge is 0.306 e. The SMILES string of the molecule is Cc1cccc(NC(=O)CN2CC(C(C)C(=O)O)C2)c1. The number of carboxylic acid groups (broad SMARTS) is 1. The van der Waals surface area contributed by atoms with Crippen molar-refractivity contribution in [3.8, 4) is 0 Å². The van der Waals surface area contributed by atoms with Crippen molar-refractivity contribution < 1.29 is 14.7 Å². The van der Waals surface area contributed by atoms with E-state index in [9.17, 15) is 9.59 Å². The summed E-state index contributed by atoms with van der Waals surface area (Å²) in [4.78, 5) is 24.7. The number of anilines is 1. The maximum atomic E-state index is 11.9. The molecule has 1 atom stereocenters. The number of aryl methyl sites for hydroxylation is 1. The molecular formula is C15H20N2O3. The van der Waals surface area contributed by atoms with Crippen LogP contribution in [0.15, 0.2) is 24.3 Å². The van der Waals surface area contributed by atoms with Crippen LogP contribution in [0.3, 0.4) is 0 Å². The lowest BCUT2D eigenvalue weighted by atomic mass is 9.87. The number of rotatable bonds is 5. The van der Waals surface area contributed by atoms with E-state index in [-0.39, 0.29) is 17.7 Å². The highest BCUT2D eigenvalue weighted by molar-refractivity contribution is 5.92. The van der Waals surface area contributed by atoms with E-state index >= 15 is 0 Å². The Morgan fingerprint density at radius 3 is 2.75 bits per heavy atom. The number of amides is 1. The predicted molar refractivity (Wildman–Crippen MR) is 76.5 cm³/mol. The first kappa shape index (κ1) is 14.5. The van der Waals surface area contributed by atoms with Gasteiger partial charge in [-0.15, -0.1) is 0 Å². The zero-order valence-electron chi connectivity index (χ0n) is 11.8. The molecule has 1 aliphatic rings. The molecule has 20 heavy (non-hydrogen) atoms. The Balaban J connectivity index is 1.76. The van der Waals surface area contributed by atoms with Crippen molar-refractivity contribution in [2.75, 3.05) is 25.0 Å². The molecule has 1 fully saturated rings. The van der Waals surface area contributed by atoms with Crippen molar-refractivity contribution in [3.05, 3.63) is 29.8 Å². The number of carboxylic acids is 1. The third-order valence-electron chi connectivity index (χ3n) is 3.75. The standard InChI is InChI=1S/C15H20N2O3/c1-10-4-3-5-13(6-10)16-14(18)9-17-7-12(8-17)11(2)15(19)20/h3-6,11-12H,7-9H2,1-2H3,(H,16,18)(H,19,20). The van der Waals surface area contributed by atoms with Gasteiger partial charge in [0.25, 0.3) is 0 Å². The first-order valence-corrected chi connectivity index (χ1v) is 6.77. The average Bonchev–Trinajstić information content (AvgIpc) is 2.32. The van der Waals surface area contributed by atoms with E-state index in [0.29, 0.717) is 19.6 Å². The number of nitrogens with one attached hydrogen (secondary N) is 1. The molecule has 5 heteroatoms. The maximum Gasteiger partial charge on any atom is 0.306 e. The summed E-state index contributed by atoms with van der Waals surface area (Å²) < 4.78 is 0. The minimum atomic E-state index is -0.765. The lowest BCUT2D eigenvalue weighted by molar-refractivity contribution is -0.145. The van der Waals surface area contributed by atoms with Gasteiger partial charge in [-0.25, -0.2) is 0 Å². The summed E-state index contributed by atoms with van der Waals surface area (Å²) in [5.74, 6) is -1.01. The first-order valence-electron chi connectivity index (χ1n) is 6.77. The van der Waals surface area contributed by atoms with Crippen LogP contribution in [-0.2, 0) is 9.59 Å². The van der Waals surface area contributed by atoms with Crippen LogP contribution in [-0.4, -0.2) is 41.5 Å². The Labute approximate surface area is 118 Å². The molecule has 0 aromatic heterocycles. The van der Waals surface area contributed by atoms with Gasteiger partial charge < -0.3 is 10.4 Å². The fraction of sp³-hybridized carbons (Fsp3) is 0.467. The molecule has 1 aromatic rings. The molecule has 0 bridgehead atoms. The van der Waals surface area contributed by atoms with Crippen molar-refractivity contribution in [1.82, 2.24) is 4.90 Å². The molecule has 2 N–H and O–H groups in total. The summed E-state index contributed by atoms with van der Waals surface area (Å²) in [5.41, 5.74) is 1.90. The minimum Gasteiger partial charge on any atom is -0.481 e. The zero-order valence-corrected chi connectivity index (χ0v) is 11.8. The third kappa shape index (κ3) is 3.57. The summed E-state index contributed by atoms with van der Waals surface area (Å²) in [6.45, 7) is 5.36. The van der Waals surface area contributed by atoms with E-state index in [1.807, 2.05) is 36.1 Å². The topological polar surface area (TPSA) is 69.6 Å². The highest BCUT2D eigenvalue weighted by Crippen LogP contribution is 2.23. The monoisotopic (exact) mass is 276 g/mol. The number of aliphatic carboxylic acids is 1. The average molecular weight is 276 g/mol. The fourth-order valence-electron chi connectivity index (χ4n) is 2.38. The summed E-state index contributed by atoms with van der Waals surface area (Å²) in [6.07, 6.45) is 0. The van der Waals surface area contributed by atoms with Gasteiger partial charge in [-0.05, 0) is 30.5 Å². The molecule has 0 aliphatic carbocycles. The van der Waals surface area contributed by atoms with Crippen LogP contribution in [0.2, 0.25) is 0 Å².